The Bertz CT molecular complexity index is 731. The molecule has 0 saturated carbocycles. The number of thiazole rings is 1. The average molecular weight is 334 g/mol. The van der Waals surface area contributed by atoms with E-state index in [-0.39, 0.29) is 0 Å². The normalized spacial score (nSPS) is 10.9. The summed E-state index contributed by atoms with van der Waals surface area (Å²) in [5.41, 5.74) is 2.19. The minimum absolute atomic E-state index is 0.882. The van der Waals surface area contributed by atoms with Crippen molar-refractivity contribution in [1.82, 2.24) is 4.98 Å². The van der Waals surface area contributed by atoms with Crippen LogP contribution in [0.25, 0.3) is 21.3 Å². The zero-order valence-electron chi connectivity index (χ0n) is 10.6. The van der Waals surface area contributed by atoms with Gasteiger partial charge in [-0.05, 0) is 51.8 Å². The lowest BCUT2D eigenvalue weighted by Gasteiger charge is -2.04. The highest BCUT2D eigenvalue weighted by molar-refractivity contribution is 9.11. The van der Waals surface area contributed by atoms with Crippen molar-refractivity contribution < 1.29 is 4.74 Å². The summed E-state index contributed by atoms with van der Waals surface area (Å²) in [4.78, 5) is 4.57. The van der Waals surface area contributed by atoms with Gasteiger partial charge in [0.1, 0.15) is 10.8 Å². The van der Waals surface area contributed by atoms with E-state index < -0.39 is 0 Å². The molecule has 96 valence electrons. The van der Waals surface area contributed by atoms with E-state index in [1.807, 2.05) is 19.1 Å². The second-order valence-corrected chi connectivity index (χ2v) is 6.62. The summed E-state index contributed by atoms with van der Waals surface area (Å²) in [7, 11) is 1.69. The first-order chi connectivity index (χ1) is 9.17. The van der Waals surface area contributed by atoms with Gasteiger partial charge in [-0.2, -0.15) is 0 Å². The summed E-state index contributed by atoms with van der Waals surface area (Å²) < 4.78 is 6.33. The van der Waals surface area contributed by atoms with Crippen molar-refractivity contribution in [1.29, 1.82) is 0 Å². The molecule has 0 aliphatic carbocycles. The Morgan fingerprint density at radius 1 is 1.11 bits per heavy atom. The molecule has 2 nitrogen and oxygen atoms in total. The third-order valence-corrected chi connectivity index (χ3v) is 5.09. The molecular formula is C15H12BrNOS. The van der Waals surface area contributed by atoms with Gasteiger partial charge in [-0.3, -0.25) is 0 Å². The van der Waals surface area contributed by atoms with Crippen molar-refractivity contribution in [3.63, 3.8) is 0 Å². The van der Waals surface area contributed by atoms with Crippen LogP contribution in [0.15, 0.2) is 40.2 Å². The van der Waals surface area contributed by atoms with Gasteiger partial charge in [-0.1, -0.05) is 18.2 Å². The van der Waals surface area contributed by atoms with E-state index in [1.54, 1.807) is 18.4 Å². The third-order valence-electron chi connectivity index (χ3n) is 3.03. The standard InChI is InChI=1S/C15H12BrNOS/c1-9-14(16)19-15(17-9)12-4-3-11-8-13(18-2)6-5-10(11)7-12/h3-8H,1-2H3. The summed E-state index contributed by atoms with van der Waals surface area (Å²) in [6, 6.07) is 12.5. The summed E-state index contributed by atoms with van der Waals surface area (Å²) in [6.07, 6.45) is 0. The van der Waals surface area contributed by atoms with Gasteiger partial charge < -0.3 is 4.74 Å². The summed E-state index contributed by atoms with van der Waals surface area (Å²) >= 11 is 5.19. The molecule has 0 saturated heterocycles. The first-order valence-corrected chi connectivity index (χ1v) is 7.49. The molecule has 1 aromatic heterocycles. The molecule has 0 N–H and O–H groups in total. The molecule has 0 atom stereocenters. The van der Waals surface area contributed by atoms with E-state index in [2.05, 4.69) is 45.2 Å². The Morgan fingerprint density at radius 3 is 2.53 bits per heavy atom. The molecule has 0 bridgehead atoms. The fourth-order valence-corrected chi connectivity index (χ4v) is 3.32. The van der Waals surface area contributed by atoms with Crippen LogP contribution < -0.4 is 4.74 Å². The van der Waals surface area contributed by atoms with Crippen LogP contribution >= 0.6 is 27.3 Å². The van der Waals surface area contributed by atoms with Crippen LogP contribution in [0, 0.1) is 6.92 Å². The molecule has 4 heteroatoms. The van der Waals surface area contributed by atoms with E-state index in [1.165, 1.54) is 10.8 Å². The third kappa shape index (κ3) is 2.38. The van der Waals surface area contributed by atoms with Crippen LogP contribution in [-0.4, -0.2) is 12.1 Å². The molecule has 19 heavy (non-hydrogen) atoms. The zero-order chi connectivity index (χ0) is 13.4. The lowest BCUT2D eigenvalue weighted by Crippen LogP contribution is -1.83. The number of hydrogen-bond donors (Lipinski definition) is 0. The Labute approximate surface area is 124 Å². The van der Waals surface area contributed by atoms with E-state index >= 15 is 0 Å². The number of aromatic nitrogens is 1. The Balaban J connectivity index is 2.11. The maximum Gasteiger partial charge on any atom is 0.124 e. The fourth-order valence-electron chi connectivity index (χ4n) is 1.99. The predicted octanol–water partition coefficient (Wildman–Crippen LogP) is 5.04. The summed E-state index contributed by atoms with van der Waals surface area (Å²) in [6.45, 7) is 2.01. The summed E-state index contributed by atoms with van der Waals surface area (Å²) in [5.74, 6) is 0.882. The average Bonchev–Trinajstić information content (AvgIpc) is 2.77. The lowest BCUT2D eigenvalue weighted by atomic mass is 10.1. The Morgan fingerprint density at radius 2 is 1.84 bits per heavy atom. The molecule has 0 unspecified atom stereocenters. The molecular weight excluding hydrogens is 322 g/mol. The maximum atomic E-state index is 5.24. The lowest BCUT2D eigenvalue weighted by molar-refractivity contribution is 0.415. The Kier molecular flexibility index (Phi) is 3.29. The van der Waals surface area contributed by atoms with E-state index in [9.17, 15) is 0 Å². The van der Waals surface area contributed by atoms with Gasteiger partial charge in [0.25, 0.3) is 0 Å². The molecule has 2 aromatic carbocycles. The highest BCUT2D eigenvalue weighted by Gasteiger charge is 2.08. The second kappa shape index (κ2) is 4.94. The number of hydrogen-bond acceptors (Lipinski definition) is 3. The van der Waals surface area contributed by atoms with Gasteiger partial charge in [0, 0.05) is 5.56 Å². The van der Waals surface area contributed by atoms with Crippen molar-refractivity contribution >= 4 is 38.0 Å². The van der Waals surface area contributed by atoms with Gasteiger partial charge in [-0.15, -0.1) is 11.3 Å². The number of benzene rings is 2. The van der Waals surface area contributed by atoms with Gasteiger partial charge in [0.05, 0.1) is 16.6 Å². The van der Waals surface area contributed by atoms with Crippen molar-refractivity contribution in [2.45, 2.75) is 6.92 Å². The Hall–Kier alpha value is -1.39. The van der Waals surface area contributed by atoms with Crippen molar-refractivity contribution in [2.24, 2.45) is 0 Å². The second-order valence-electron chi connectivity index (χ2n) is 4.31. The highest BCUT2D eigenvalue weighted by atomic mass is 79.9. The SMILES string of the molecule is COc1ccc2cc(-c3nc(C)c(Br)s3)ccc2c1. The predicted molar refractivity (Wildman–Crippen MR) is 84.0 cm³/mol. The number of rotatable bonds is 2. The molecule has 0 aliphatic heterocycles. The van der Waals surface area contributed by atoms with Crippen LogP contribution in [0.3, 0.4) is 0 Å². The van der Waals surface area contributed by atoms with Crippen LogP contribution in [0.2, 0.25) is 0 Å². The number of aryl methyl sites for hydroxylation is 1. The molecule has 3 aromatic rings. The fraction of sp³-hybridized carbons (Fsp3) is 0.133. The van der Waals surface area contributed by atoms with E-state index in [0.717, 1.165) is 25.8 Å². The number of methoxy groups -OCH3 is 1. The van der Waals surface area contributed by atoms with Gasteiger partial charge >= 0.3 is 0 Å². The van der Waals surface area contributed by atoms with Crippen molar-refractivity contribution in [3.05, 3.63) is 45.9 Å². The van der Waals surface area contributed by atoms with Crippen molar-refractivity contribution in [3.8, 4) is 16.3 Å². The van der Waals surface area contributed by atoms with Crippen molar-refractivity contribution in [2.75, 3.05) is 7.11 Å². The van der Waals surface area contributed by atoms with Crippen LogP contribution in [0.1, 0.15) is 5.69 Å². The largest absolute Gasteiger partial charge is 0.497 e. The first kappa shape index (κ1) is 12.6. The van der Waals surface area contributed by atoms with Crippen LogP contribution in [-0.2, 0) is 0 Å². The minimum Gasteiger partial charge on any atom is -0.497 e. The van der Waals surface area contributed by atoms with Gasteiger partial charge in [0.2, 0.25) is 0 Å². The molecule has 0 spiro atoms. The number of fused-ring (bicyclic) bond motifs is 1. The van der Waals surface area contributed by atoms with Gasteiger partial charge in [0.15, 0.2) is 0 Å². The maximum absolute atomic E-state index is 5.24. The molecule has 0 fully saturated rings. The monoisotopic (exact) mass is 333 g/mol. The number of nitrogens with zero attached hydrogens (tertiary/aromatic N) is 1. The molecule has 3 rings (SSSR count). The molecule has 0 radical (unpaired) electrons. The summed E-state index contributed by atoms with van der Waals surface area (Å²) in [5, 5.41) is 3.42. The topological polar surface area (TPSA) is 22.1 Å². The van der Waals surface area contributed by atoms with Crippen LogP contribution in [0.5, 0.6) is 5.75 Å². The van der Waals surface area contributed by atoms with Crippen LogP contribution in [0.4, 0.5) is 0 Å². The number of halogens is 1. The molecule has 1 heterocycles. The zero-order valence-corrected chi connectivity index (χ0v) is 13.0. The van der Waals surface area contributed by atoms with E-state index in [4.69, 9.17) is 4.74 Å². The molecule has 0 amide bonds. The quantitative estimate of drug-likeness (QED) is 0.655. The van der Waals surface area contributed by atoms with Gasteiger partial charge in [-0.25, -0.2) is 4.98 Å². The highest BCUT2D eigenvalue weighted by Crippen LogP contribution is 2.33. The number of ether oxygens (including phenoxy) is 1. The minimum atomic E-state index is 0.882. The smallest absolute Gasteiger partial charge is 0.124 e. The first-order valence-electron chi connectivity index (χ1n) is 5.88. The van der Waals surface area contributed by atoms with E-state index in [0.29, 0.717) is 0 Å². The molecule has 0 aliphatic rings.